The van der Waals surface area contributed by atoms with Crippen molar-refractivity contribution in [3.63, 3.8) is 0 Å². The molecule has 0 atom stereocenters. The molecule has 1 aromatic heterocycles. The number of methoxy groups -OCH3 is 1. The van der Waals surface area contributed by atoms with Crippen LogP contribution in [0.4, 0.5) is 0 Å². The normalized spacial score (nSPS) is 15.0. The van der Waals surface area contributed by atoms with Crippen molar-refractivity contribution in [2.45, 2.75) is 6.92 Å². The van der Waals surface area contributed by atoms with Crippen LogP contribution in [0.5, 0.6) is 5.75 Å². The predicted octanol–water partition coefficient (Wildman–Crippen LogP) is 2.99. The molecule has 1 aliphatic rings. The van der Waals surface area contributed by atoms with Crippen molar-refractivity contribution in [1.82, 2.24) is 0 Å². The van der Waals surface area contributed by atoms with Gasteiger partial charge in [0.15, 0.2) is 5.76 Å². The van der Waals surface area contributed by atoms with Gasteiger partial charge in [0, 0.05) is 6.08 Å². The molecule has 0 spiro atoms. The molecule has 0 amide bonds. The fourth-order valence-electron chi connectivity index (χ4n) is 2.09. The second-order valence-electron chi connectivity index (χ2n) is 4.59. The lowest BCUT2D eigenvalue weighted by Crippen LogP contribution is -2.02. The number of hydrogen-bond donors (Lipinski definition) is 0. The van der Waals surface area contributed by atoms with Crippen LogP contribution in [0.25, 0.3) is 6.08 Å². The predicted molar refractivity (Wildman–Crippen MR) is 74.2 cm³/mol. The van der Waals surface area contributed by atoms with Crippen LogP contribution in [0.3, 0.4) is 0 Å². The van der Waals surface area contributed by atoms with Crippen LogP contribution >= 0.6 is 0 Å². The number of esters is 1. The number of hydrogen-bond acceptors (Lipinski definition) is 5. The Morgan fingerprint density at radius 3 is 2.71 bits per heavy atom. The number of rotatable bonds is 2. The van der Waals surface area contributed by atoms with Crippen molar-refractivity contribution in [1.29, 1.82) is 0 Å². The van der Waals surface area contributed by atoms with Crippen molar-refractivity contribution in [3.8, 4) is 5.75 Å². The Hall–Kier alpha value is -2.82. The standard InChI is InChI=1S/C16H12O5/c1-9-3-5-11(20-9)8-14-15(17)12-7-10(16(18)19-2)4-6-13(12)21-14/h3-8H,1-2H3/b14-8-. The second kappa shape index (κ2) is 4.94. The summed E-state index contributed by atoms with van der Waals surface area (Å²) >= 11 is 0. The lowest BCUT2D eigenvalue weighted by atomic mass is 10.1. The maximum atomic E-state index is 12.3. The highest BCUT2D eigenvalue weighted by molar-refractivity contribution is 6.15. The molecule has 1 aromatic carbocycles. The zero-order chi connectivity index (χ0) is 15.0. The molecule has 1 aliphatic heterocycles. The molecule has 2 heterocycles. The summed E-state index contributed by atoms with van der Waals surface area (Å²) in [6.07, 6.45) is 1.53. The second-order valence-corrected chi connectivity index (χ2v) is 4.59. The van der Waals surface area contributed by atoms with Gasteiger partial charge >= 0.3 is 5.97 Å². The number of ketones is 1. The number of furan rings is 1. The van der Waals surface area contributed by atoms with Crippen LogP contribution in [0.1, 0.15) is 32.2 Å². The summed E-state index contributed by atoms with van der Waals surface area (Å²) in [7, 11) is 1.29. The van der Waals surface area contributed by atoms with E-state index in [1.807, 2.05) is 6.92 Å². The minimum Gasteiger partial charge on any atom is -0.465 e. The number of aryl methyl sites for hydroxylation is 1. The van der Waals surface area contributed by atoms with Crippen LogP contribution in [0, 0.1) is 6.92 Å². The van der Waals surface area contributed by atoms with Gasteiger partial charge in [-0.05, 0) is 37.3 Å². The third-order valence-corrected chi connectivity index (χ3v) is 3.12. The first-order chi connectivity index (χ1) is 10.1. The van der Waals surface area contributed by atoms with Crippen LogP contribution in [0.2, 0.25) is 0 Å². The highest BCUT2D eigenvalue weighted by atomic mass is 16.5. The molecular weight excluding hydrogens is 272 g/mol. The fraction of sp³-hybridized carbons (Fsp3) is 0.125. The Morgan fingerprint density at radius 2 is 2.05 bits per heavy atom. The van der Waals surface area contributed by atoms with E-state index in [-0.39, 0.29) is 11.5 Å². The maximum Gasteiger partial charge on any atom is 0.337 e. The van der Waals surface area contributed by atoms with E-state index < -0.39 is 5.97 Å². The smallest absolute Gasteiger partial charge is 0.337 e. The third kappa shape index (κ3) is 2.33. The molecule has 0 N–H and O–H groups in total. The highest BCUT2D eigenvalue weighted by Crippen LogP contribution is 2.32. The summed E-state index contributed by atoms with van der Waals surface area (Å²) in [5.74, 6) is 1.09. The topological polar surface area (TPSA) is 65.7 Å². The lowest BCUT2D eigenvalue weighted by Gasteiger charge is -2.00. The van der Waals surface area contributed by atoms with Gasteiger partial charge in [0.05, 0.1) is 18.2 Å². The number of benzene rings is 1. The van der Waals surface area contributed by atoms with Crippen LogP contribution < -0.4 is 4.74 Å². The summed E-state index contributed by atoms with van der Waals surface area (Å²) < 4.78 is 15.5. The van der Waals surface area contributed by atoms with Crippen molar-refractivity contribution in [2.75, 3.05) is 7.11 Å². The molecule has 5 nitrogen and oxygen atoms in total. The van der Waals surface area contributed by atoms with E-state index in [2.05, 4.69) is 4.74 Å². The zero-order valence-corrected chi connectivity index (χ0v) is 11.5. The molecular formula is C16H12O5. The van der Waals surface area contributed by atoms with Gasteiger partial charge in [-0.2, -0.15) is 0 Å². The van der Waals surface area contributed by atoms with Crippen LogP contribution in [0.15, 0.2) is 40.5 Å². The van der Waals surface area contributed by atoms with Gasteiger partial charge in [0.2, 0.25) is 5.78 Å². The molecule has 5 heteroatoms. The van der Waals surface area contributed by atoms with E-state index in [1.54, 1.807) is 24.3 Å². The van der Waals surface area contributed by atoms with E-state index in [9.17, 15) is 9.59 Å². The quantitative estimate of drug-likeness (QED) is 0.626. The average molecular weight is 284 g/mol. The van der Waals surface area contributed by atoms with E-state index in [4.69, 9.17) is 9.15 Å². The minimum absolute atomic E-state index is 0.168. The van der Waals surface area contributed by atoms with E-state index >= 15 is 0 Å². The van der Waals surface area contributed by atoms with Crippen molar-refractivity contribution < 1.29 is 23.5 Å². The Morgan fingerprint density at radius 1 is 1.24 bits per heavy atom. The van der Waals surface area contributed by atoms with Gasteiger partial charge in [-0.25, -0.2) is 4.79 Å². The molecule has 0 aliphatic carbocycles. The number of allylic oxidation sites excluding steroid dienone is 1. The number of carbonyl (C=O) groups excluding carboxylic acids is 2. The lowest BCUT2D eigenvalue weighted by molar-refractivity contribution is 0.0600. The molecule has 0 saturated heterocycles. The number of carbonyl (C=O) groups is 2. The number of fused-ring (bicyclic) bond motifs is 1. The van der Waals surface area contributed by atoms with Crippen molar-refractivity contribution in [3.05, 3.63) is 58.7 Å². The molecule has 0 saturated carbocycles. The third-order valence-electron chi connectivity index (χ3n) is 3.12. The number of Topliss-reactive ketones (excluding diaryl/α,β-unsaturated/α-hetero) is 1. The first-order valence-electron chi connectivity index (χ1n) is 6.31. The summed E-state index contributed by atoms with van der Waals surface area (Å²) in [5.41, 5.74) is 0.649. The van der Waals surface area contributed by atoms with Gasteiger partial charge < -0.3 is 13.9 Å². The SMILES string of the molecule is COC(=O)c1ccc2c(c1)C(=O)/C(=C/c1ccc(C)o1)O2. The van der Waals surface area contributed by atoms with Gasteiger partial charge in [-0.3, -0.25) is 4.79 Å². The zero-order valence-electron chi connectivity index (χ0n) is 11.5. The molecule has 106 valence electrons. The van der Waals surface area contributed by atoms with Crippen LogP contribution in [-0.4, -0.2) is 18.9 Å². The van der Waals surface area contributed by atoms with E-state index in [1.165, 1.54) is 19.3 Å². The molecule has 3 rings (SSSR count). The number of ether oxygens (including phenoxy) is 2. The van der Waals surface area contributed by atoms with Crippen molar-refractivity contribution in [2.24, 2.45) is 0 Å². The minimum atomic E-state index is -0.496. The van der Waals surface area contributed by atoms with Crippen LogP contribution in [-0.2, 0) is 4.74 Å². The molecule has 2 aromatic rings. The molecule has 21 heavy (non-hydrogen) atoms. The monoisotopic (exact) mass is 284 g/mol. The maximum absolute atomic E-state index is 12.3. The highest BCUT2D eigenvalue weighted by Gasteiger charge is 2.28. The summed E-state index contributed by atoms with van der Waals surface area (Å²) in [5, 5.41) is 0. The molecule has 0 bridgehead atoms. The van der Waals surface area contributed by atoms with E-state index in [0.29, 0.717) is 22.6 Å². The largest absolute Gasteiger partial charge is 0.465 e. The first-order valence-corrected chi connectivity index (χ1v) is 6.31. The Balaban J connectivity index is 1.95. The molecule has 0 fully saturated rings. The average Bonchev–Trinajstić information content (AvgIpc) is 3.03. The summed E-state index contributed by atoms with van der Waals surface area (Å²) in [4.78, 5) is 23.8. The van der Waals surface area contributed by atoms with Crippen molar-refractivity contribution >= 4 is 17.8 Å². The summed E-state index contributed by atoms with van der Waals surface area (Å²) in [6.45, 7) is 1.82. The fourth-order valence-corrected chi connectivity index (χ4v) is 2.09. The van der Waals surface area contributed by atoms with E-state index in [0.717, 1.165) is 5.76 Å². The van der Waals surface area contributed by atoms with Gasteiger partial charge in [-0.15, -0.1) is 0 Å². The van der Waals surface area contributed by atoms with Gasteiger partial charge in [-0.1, -0.05) is 0 Å². The summed E-state index contributed by atoms with van der Waals surface area (Å²) in [6, 6.07) is 8.15. The molecule has 0 unspecified atom stereocenters. The van der Waals surface area contributed by atoms with Gasteiger partial charge in [0.25, 0.3) is 0 Å². The molecule has 0 radical (unpaired) electrons. The Labute approximate surface area is 120 Å². The first kappa shape index (κ1) is 13.2. The Bertz CT molecular complexity index is 767. The Kier molecular flexibility index (Phi) is 3.10. The van der Waals surface area contributed by atoms with Gasteiger partial charge in [0.1, 0.15) is 17.3 Å².